The molecule has 0 unspecified atom stereocenters. The van der Waals surface area contributed by atoms with Gasteiger partial charge in [-0.25, -0.2) is 0 Å². The van der Waals surface area contributed by atoms with Crippen LogP contribution in [0.2, 0.25) is 0 Å². The first-order valence-electron chi connectivity index (χ1n) is 4.06. The van der Waals surface area contributed by atoms with Crippen LogP contribution in [0.4, 0.5) is 0 Å². The van der Waals surface area contributed by atoms with Gasteiger partial charge in [-0.1, -0.05) is 6.92 Å². The summed E-state index contributed by atoms with van der Waals surface area (Å²) in [5.74, 6) is 0.0833. The van der Waals surface area contributed by atoms with Crippen LogP contribution >= 0.6 is 0 Å². The minimum atomic E-state index is -0.634. The van der Waals surface area contributed by atoms with Gasteiger partial charge in [-0.15, -0.1) is 0 Å². The Labute approximate surface area is 67.8 Å². The molecule has 1 aliphatic carbocycles. The second-order valence-electron chi connectivity index (χ2n) is 4.11. The summed E-state index contributed by atoms with van der Waals surface area (Å²) >= 11 is 0. The van der Waals surface area contributed by atoms with E-state index in [-0.39, 0.29) is 11.3 Å². The van der Waals surface area contributed by atoms with Crippen LogP contribution in [0.25, 0.3) is 0 Å². The van der Waals surface area contributed by atoms with E-state index in [1.165, 1.54) is 0 Å². The third-order valence-electron chi connectivity index (χ3n) is 3.29. The maximum atomic E-state index is 9.78. The fourth-order valence-electron chi connectivity index (χ4n) is 1.78. The molecule has 1 fully saturated rings. The first-order valence-corrected chi connectivity index (χ1v) is 4.06. The first kappa shape index (κ1) is 8.55. The second kappa shape index (κ2) is 2.22. The van der Waals surface area contributed by atoms with E-state index in [4.69, 9.17) is 5.26 Å². The Morgan fingerprint density at radius 1 is 1.45 bits per heavy atom. The topological polar surface area (TPSA) is 44.0 Å². The molecule has 3 atom stereocenters. The van der Waals surface area contributed by atoms with Gasteiger partial charge in [0.2, 0.25) is 0 Å². The molecule has 0 aliphatic heterocycles. The molecule has 0 heterocycles. The fraction of sp³-hybridized carbons (Fsp3) is 0.889. The van der Waals surface area contributed by atoms with Gasteiger partial charge in [0.05, 0.1) is 17.1 Å². The molecule has 0 aromatic heterocycles. The molecule has 0 saturated heterocycles. The molecule has 2 heteroatoms. The van der Waals surface area contributed by atoms with Crippen LogP contribution in [0.3, 0.4) is 0 Å². The van der Waals surface area contributed by atoms with Crippen molar-refractivity contribution in [2.75, 3.05) is 0 Å². The molecular formula is C9H15NO. The molecule has 0 amide bonds. The highest BCUT2D eigenvalue weighted by molar-refractivity contribution is 5.09. The molecule has 0 aromatic carbocycles. The zero-order valence-corrected chi connectivity index (χ0v) is 7.39. The molecule has 1 N–H and O–H groups in total. The lowest BCUT2D eigenvalue weighted by atomic mass is 9.78. The van der Waals surface area contributed by atoms with Crippen LogP contribution in [-0.2, 0) is 0 Å². The fourth-order valence-corrected chi connectivity index (χ4v) is 1.78. The van der Waals surface area contributed by atoms with E-state index in [9.17, 15) is 5.11 Å². The van der Waals surface area contributed by atoms with Gasteiger partial charge in [0.15, 0.2) is 0 Å². The van der Waals surface area contributed by atoms with Crippen LogP contribution in [0.1, 0.15) is 33.6 Å². The number of hydrogen-bond acceptors (Lipinski definition) is 2. The monoisotopic (exact) mass is 153 g/mol. The Bertz CT molecular complexity index is 204. The van der Waals surface area contributed by atoms with Crippen LogP contribution in [-0.4, -0.2) is 10.7 Å². The number of nitriles is 1. The lowest BCUT2D eigenvalue weighted by Gasteiger charge is -2.28. The Morgan fingerprint density at radius 2 is 2.00 bits per heavy atom. The summed E-state index contributed by atoms with van der Waals surface area (Å²) in [5, 5.41) is 18.6. The molecule has 1 rings (SSSR count). The van der Waals surface area contributed by atoms with Crippen LogP contribution in [0.15, 0.2) is 0 Å². The summed E-state index contributed by atoms with van der Waals surface area (Å²) < 4.78 is 0. The zero-order chi connectivity index (χ0) is 8.70. The number of hydrogen-bond donors (Lipinski definition) is 1. The smallest absolute Gasteiger partial charge is 0.0690 e. The van der Waals surface area contributed by atoms with Gasteiger partial charge >= 0.3 is 0 Å². The molecule has 1 aliphatic rings. The predicted molar refractivity (Wildman–Crippen MR) is 42.7 cm³/mol. The van der Waals surface area contributed by atoms with E-state index in [1.54, 1.807) is 0 Å². The van der Waals surface area contributed by atoms with E-state index in [0.717, 1.165) is 12.8 Å². The largest absolute Gasteiger partial charge is 0.390 e. The van der Waals surface area contributed by atoms with E-state index in [2.05, 4.69) is 6.07 Å². The molecular weight excluding hydrogens is 138 g/mol. The van der Waals surface area contributed by atoms with Crippen molar-refractivity contribution in [3.05, 3.63) is 0 Å². The van der Waals surface area contributed by atoms with Gasteiger partial charge in [0.25, 0.3) is 0 Å². The third-order valence-corrected chi connectivity index (χ3v) is 3.29. The lowest BCUT2D eigenvalue weighted by Crippen LogP contribution is -2.33. The Morgan fingerprint density at radius 3 is 2.18 bits per heavy atom. The van der Waals surface area contributed by atoms with Crippen molar-refractivity contribution in [1.29, 1.82) is 5.26 Å². The van der Waals surface area contributed by atoms with Crippen molar-refractivity contribution >= 4 is 0 Å². The highest BCUT2D eigenvalue weighted by Gasteiger charge is 2.48. The molecule has 2 nitrogen and oxygen atoms in total. The molecule has 0 spiro atoms. The molecule has 0 aromatic rings. The molecule has 11 heavy (non-hydrogen) atoms. The average molecular weight is 153 g/mol. The van der Waals surface area contributed by atoms with Gasteiger partial charge in [-0.3, -0.25) is 0 Å². The predicted octanol–water partition coefficient (Wildman–Crippen LogP) is 1.70. The van der Waals surface area contributed by atoms with Crippen molar-refractivity contribution in [2.24, 2.45) is 11.3 Å². The quantitative estimate of drug-likeness (QED) is 0.575. The van der Waals surface area contributed by atoms with Gasteiger partial charge < -0.3 is 5.11 Å². The highest BCUT2D eigenvalue weighted by atomic mass is 16.3. The Hall–Kier alpha value is -0.550. The van der Waals surface area contributed by atoms with Gasteiger partial charge in [0, 0.05) is 5.92 Å². The molecule has 0 bridgehead atoms. The van der Waals surface area contributed by atoms with Crippen LogP contribution in [0.5, 0.6) is 0 Å². The van der Waals surface area contributed by atoms with Crippen LogP contribution in [0, 0.1) is 22.7 Å². The Kier molecular flexibility index (Phi) is 1.72. The van der Waals surface area contributed by atoms with E-state index in [0.29, 0.717) is 0 Å². The Balaban J connectivity index is 2.89. The van der Waals surface area contributed by atoms with Crippen molar-refractivity contribution in [2.45, 2.75) is 39.2 Å². The summed E-state index contributed by atoms with van der Waals surface area (Å²) in [7, 11) is 0. The number of nitrogens with zero attached hydrogens (tertiary/aromatic N) is 1. The lowest BCUT2D eigenvalue weighted by molar-refractivity contribution is 0.0114. The number of rotatable bonds is 0. The third kappa shape index (κ3) is 1.14. The van der Waals surface area contributed by atoms with Crippen LogP contribution < -0.4 is 0 Å². The average Bonchev–Trinajstić information content (AvgIpc) is 2.16. The van der Waals surface area contributed by atoms with E-state index < -0.39 is 5.60 Å². The highest BCUT2D eigenvalue weighted by Crippen LogP contribution is 2.48. The summed E-state index contributed by atoms with van der Waals surface area (Å²) in [6.07, 6.45) is 1.57. The number of aliphatic hydroxyl groups is 1. The molecule has 1 saturated carbocycles. The summed E-state index contributed by atoms with van der Waals surface area (Å²) in [5.41, 5.74) is -0.950. The van der Waals surface area contributed by atoms with Gasteiger partial charge in [0.1, 0.15) is 0 Å². The maximum Gasteiger partial charge on any atom is 0.0690 e. The van der Waals surface area contributed by atoms with E-state index >= 15 is 0 Å². The molecule has 0 radical (unpaired) electrons. The summed E-state index contributed by atoms with van der Waals surface area (Å²) in [6, 6.07) is 2.29. The van der Waals surface area contributed by atoms with Crippen molar-refractivity contribution in [1.82, 2.24) is 0 Å². The minimum Gasteiger partial charge on any atom is -0.390 e. The van der Waals surface area contributed by atoms with Gasteiger partial charge in [-0.2, -0.15) is 5.26 Å². The maximum absolute atomic E-state index is 9.78. The van der Waals surface area contributed by atoms with E-state index in [1.807, 2.05) is 20.8 Å². The summed E-state index contributed by atoms with van der Waals surface area (Å²) in [4.78, 5) is 0. The summed E-state index contributed by atoms with van der Waals surface area (Å²) in [6.45, 7) is 5.70. The standard InChI is InChI=1S/C9H15NO/c1-7-8(2,6-10)4-5-9(7,3)11/h7,11H,4-5H2,1-3H3/t7-,8+,9+/m0/s1. The normalized spacial score (nSPS) is 50.6. The van der Waals surface area contributed by atoms with Crippen molar-refractivity contribution < 1.29 is 5.11 Å². The SMILES string of the molecule is C[C@H]1[C@@](C)(C#N)CC[C@@]1(C)O. The minimum absolute atomic E-state index is 0.0833. The zero-order valence-electron chi connectivity index (χ0n) is 7.39. The van der Waals surface area contributed by atoms with Gasteiger partial charge in [-0.05, 0) is 26.7 Å². The second-order valence-corrected chi connectivity index (χ2v) is 4.11. The molecule has 62 valence electrons. The first-order chi connectivity index (χ1) is 4.92. The van der Waals surface area contributed by atoms with Crippen molar-refractivity contribution in [3.63, 3.8) is 0 Å². The van der Waals surface area contributed by atoms with Crippen molar-refractivity contribution in [3.8, 4) is 6.07 Å².